The molecular formula is C14H23N5O2. The van der Waals surface area contributed by atoms with Gasteiger partial charge in [-0.25, -0.2) is 10.8 Å². The molecule has 1 aliphatic heterocycles. The number of benzene rings is 1. The van der Waals surface area contributed by atoms with E-state index in [0.717, 1.165) is 32.0 Å². The van der Waals surface area contributed by atoms with Gasteiger partial charge >= 0.3 is 0 Å². The van der Waals surface area contributed by atoms with Crippen molar-refractivity contribution < 1.29 is 9.47 Å². The van der Waals surface area contributed by atoms with Crippen molar-refractivity contribution in [2.45, 2.75) is 0 Å². The number of ether oxygens (including phenoxy) is 2. The Kier molecular flexibility index (Phi) is 6.26. The summed E-state index contributed by atoms with van der Waals surface area (Å²) in [5, 5.41) is 3.13. The van der Waals surface area contributed by atoms with Crippen molar-refractivity contribution in [1.82, 2.24) is 5.43 Å². The first kappa shape index (κ1) is 15.6. The van der Waals surface area contributed by atoms with E-state index in [1.165, 1.54) is 5.69 Å². The molecule has 1 heterocycles. The van der Waals surface area contributed by atoms with Crippen LogP contribution in [-0.4, -0.2) is 52.5 Å². The lowest BCUT2D eigenvalue weighted by molar-refractivity contribution is 0.122. The second kappa shape index (κ2) is 8.46. The highest BCUT2D eigenvalue weighted by atomic mass is 16.5. The second-order valence-corrected chi connectivity index (χ2v) is 4.64. The van der Waals surface area contributed by atoms with Crippen LogP contribution in [0.1, 0.15) is 0 Å². The van der Waals surface area contributed by atoms with Crippen LogP contribution in [0.2, 0.25) is 0 Å². The zero-order chi connectivity index (χ0) is 14.9. The van der Waals surface area contributed by atoms with Crippen LogP contribution in [0.4, 0.5) is 11.4 Å². The van der Waals surface area contributed by atoms with Gasteiger partial charge in [-0.1, -0.05) is 0 Å². The summed E-state index contributed by atoms with van der Waals surface area (Å²) in [6, 6.07) is 8.18. The van der Waals surface area contributed by atoms with Gasteiger partial charge < -0.3 is 19.7 Å². The summed E-state index contributed by atoms with van der Waals surface area (Å²) in [6.07, 6.45) is 0. The summed E-state index contributed by atoms with van der Waals surface area (Å²) in [4.78, 5) is 6.56. The molecule has 0 unspecified atom stereocenters. The predicted octanol–water partition coefficient (Wildman–Crippen LogP) is 0.401. The molecule has 0 amide bonds. The minimum Gasteiger partial charge on any atom is -0.383 e. The third-order valence-corrected chi connectivity index (χ3v) is 3.21. The quantitative estimate of drug-likeness (QED) is 0.240. The van der Waals surface area contributed by atoms with Crippen LogP contribution in [0.25, 0.3) is 0 Å². The maximum Gasteiger partial charge on any atom is 0.210 e. The summed E-state index contributed by atoms with van der Waals surface area (Å²) in [5.74, 6) is 5.96. The first-order valence-electron chi connectivity index (χ1n) is 7.03. The Hall–Kier alpha value is -1.83. The van der Waals surface area contributed by atoms with Crippen molar-refractivity contribution in [3.05, 3.63) is 24.3 Å². The van der Waals surface area contributed by atoms with Crippen molar-refractivity contribution in [3.8, 4) is 0 Å². The van der Waals surface area contributed by atoms with E-state index < -0.39 is 0 Å². The third kappa shape index (κ3) is 4.89. The van der Waals surface area contributed by atoms with Gasteiger partial charge in [0.2, 0.25) is 5.96 Å². The third-order valence-electron chi connectivity index (χ3n) is 3.21. The molecule has 0 aromatic heterocycles. The van der Waals surface area contributed by atoms with Crippen molar-refractivity contribution in [2.24, 2.45) is 10.8 Å². The molecule has 0 atom stereocenters. The Morgan fingerprint density at radius 2 is 2.05 bits per heavy atom. The molecule has 1 saturated heterocycles. The molecule has 21 heavy (non-hydrogen) atoms. The number of nitrogens with one attached hydrogen (secondary N) is 2. The Morgan fingerprint density at radius 3 is 2.67 bits per heavy atom. The van der Waals surface area contributed by atoms with Gasteiger partial charge in [-0.2, -0.15) is 0 Å². The molecule has 7 heteroatoms. The van der Waals surface area contributed by atoms with Gasteiger partial charge in [-0.15, -0.1) is 0 Å². The number of nitrogens with two attached hydrogens (primary N) is 1. The average Bonchev–Trinajstić information content (AvgIpc) is 2.55. The lowest BCUT2D eigenvalue weighted by Crippen LogP contribution is -2.37. The topological polar surface area (TPSA) is 84.1 Å². The van der Waals surface area contributed by atoms with Gasteiger partial charge in [-0.05, 0) is 24.3 Å². The van der Waals surface area contributed by atoms with E-state index in [-0.39, 0.29) is 0 Å². The number of anilines is 2. The molecule has 1 aromatic carbocycles. The molecule has 7 nitrogen and oxygen atoms in total. The van der Waals surface area contributed by atoms with E-state index in [9.17, 15) is 0 Å². The summed E-state index contributed by atoms with van der Waals surface area (Å²) in [7, 11) is 1.64. The molecule has 116 valence electrons. The van der Waals surface area contributed by atoms with E-state index in [1.807, 2.05) is 12.1 Å². The number of methoxy groups -OCH3 is 1. The van der Waals surface area contributed by atoms with Gasteiger partial charge in [0.15, 0.2) is 0 Å². The first-order chi connectivity index (χ1) is 10.3. The number of hydrogen-bond acceptors (Lipinski definition) is 5. The van der Waals surface area contributed by atoms with Crippen LogP contribution < -0.4 is 21.5 Å². The minimum absolute atomic E-state index is 0.520. The molecule has 4 N–H and O–H groups in total. The standard InChI is InChI=1S/C14H23N5O2/c1-20-9-6-16-14(18-15)17-12-2-4-13(5-3-12)19-7-10-21-11-8-19/h2-5H,6-11,15H2,1H3,(H2,16,17,18). The van der Waals surface area contributed by atoms with Crippen LogP contribution in [0, 0.1) is 0 Å². The lowest BCUT2D eigenvalue weighted by Gasteiger charge is -2.28. The molecule has 1 aliphatic rings. The normalized spacial score (nSPS) is 15.9. The second-order valence-electron chi connectivity index (χ2n) is 4.64. The Labute approximate surface area is 125 Å². The van der Waals surface area contributed by atoms with E-state index >= 15 is 0 Å². The van der Waals surface area contributed by atoms with Gasteiger partial charge in [0.05, 0.1) is 26.4 Å². The first-order valence-corrected chi connectivity index (χ1v) is 7.03. The lowest BCUT2D eigenvalue weighted by atomic mass is 10.2. The summed E-state index contributed by atoms with van der Waals surface area (Å²) >= 11 is 0. The Bertz CT molecular complexity index is 443. The summed E-state index contributed by atoms with van der Waals surface area (Å²) < 4.78 is 10.3. The maximum absolute atomic E-state index is 5.44. The zero-order valence-corrected chi connectivity index (χ0v) is 12.3. The smallest absolute Gasteiger partial charge is 0.210 e. The average molecular weight is 293 g/mol. The molecule has 0 saturated carbocycles. The number of hydrogen-bond donors (Lipinski definition) is 3. The highest BCUT2D eigenvalue weighted by molar-refractivity contribution is 5.93. The van der Waals surface area contributed by atoms with Crippen LogP contribution >= 0.6 is 0 Å². The van der Waals surface area contributed by atoms with Crippen LogP contribution in [0.3, 0.4) is 0 Å². The van der Waals surface area contributed by atoms with Gasteiger partial charge in [0.25, 0.3) is 0 Å². The van der Waals surface area contributed by atoms with Crippen LogP contribution in [0.15, 0.2) is 29.3 Å². The van der Waals surface area contributed by atoms with Gasteiger partial charge in [0, 0.05) is 31.6 Å². The van der Waals surface area contributed by atoms with Crippen LogP contribution in [-0.2, 0) is 9.47 Å². The number of aliphatic imine (C=N–C) groups is 1. The number of rotatable bonds is 5. The van der Waals surface area contributed by atoms with E-state index in [4.69, 9.17) is 15.3 Å². The largest absolute Gasteiger partial charge is 0.383 e. The monoisotopic (exact) mass is 293 g/mol. The predicted molar refractivity (Wildman–Crippen MR) is 84.6 cm³/mol. The number of nitrogens with zero attached hydrogens (tertiary/aromatic N) is 2. The summed E-state index contributed by atoms with van der Waals surface area (Å²) in [6.45, 7) is 4.54. The fourth-order valence-corrected chi connectivity index (χ4v) is 2.08. The highest BCUT2D eigenvalue weighted by Crippen LogP contribution is 2.18. The molecule has 0 spiro atoms. The van der Waals surface area contributed by atoms with E-state index in [2.05, 4.69) is 32.8 Å². The van der Waals surface area contributed by atoms with Crippen LogP contribution in [0.5, 0.6) is 0 Å². The van der Waals surface area contributed by atoms with Gasteiger partial charge in [0.1, 0.15) is 0 Å². The Morgan fingerprint density at radius 1 is 1.33 bits per heavy atom. The molecule has 2 rings (SSSR count). The molecule has 1 fully saturated rings. The van der Waals surface area contributed by atoms with Gasteiger partial charge in [-0.3, -0.25) is 5.43 Å². The number of morpholine rings is 1. The maximum atomic E-state index is 5.44. The molecule has 0 bridgehead atoms. The molecule has 0 radical (unpaired) electrons. The SMILES string of the molecule is COCCN=C(NN)Nc1ccc(N2CCOCC2)cc1. The summed E-state index contributed by atoms with van der Waals surface area (Å²) in [5.41, 5.74) is 4.67. The number of guanidine groups is 1. The zero-order valence-electron chi connectivity index (χ0n) is 12.3. The fraction of sp³-hybridized carbons (Fsp3) is 0.500. The van der Waals surface area contributed by atoms with Crippen molar-refractivity contribution in [3.63, 3.8) is 0 Å². The van der Waals surface area contributed by atoms with Crippen molar-refractivity contribution in [1.29, 1.82) is 0 Å². The molecule has 1 aromatic rings. The highest BCUT2D eigenvalue weighted by Gasteiger charge is 2.10. The van der Waals surface area contributed by atoms with Crippen molar-refractivity contribution in [2.75, 3.05) is 56.8 Å². The van der Waals surface area contributed by atoms with E-state index in [0.29, 0.717) is 19.1 Å². The molecular weight excluding hydrogens is 270 g/mol. The Balaban J connectivity index is 1.93. The minimum atomic E-state index is 0.520. The number of hydrazine groups is 1. The molecule has 0 aliphatic carbocycles. The fourth-order valence-electron chi connectivity index (χ4n) is 2.08. The van der Waals surface area contributed by atoms with Crippen molar-refractivity contribution >= 4 is 17.3 Å². The van der Waals surface area contributed by atoms with E-state index in [1.54, 1.807) is 7.11 Å².